The van der Waals surface area contributed by atoms with Crippen molar-refractivity contribution in [2.24, 2.45) is 0 Å². The van der Waals surface area contributed by atoms with E-state index in [9.17, 15) is 4.79 Å². The molecule has 0 radical (unpaired) electrons. The van der Waals surface area contributed by atoms with Crippen LogP contribution in [0.3, 0.4) is 0 Å². The van der Waals surface area contributed by atoms with Crippen molar-refractivity contribution in [3.63, 3.8) is 0 Å². The summed E-state index contributed by atoms with van der Waals surface area (Å²) < 4.78 is 0.711. The van der Waals surface area contributed by atoms with E-state index in [-0.39, 0.29) is 16.7 Å². The number of rotatable bonds is 2. The van der Waals surface area contributed by atoms with Gasteiger partial charge in [0.15, 0.2) is 5.78 Å². The van der Waals surface area contributed by atoms with Gasteiger partial charge in [0.05, 0.1) is 16.6 Å². The standard InChI is InChI=1S/C8H6BrCl2NO/c9-4-1-5(7(13)3-10)8(11)6(12)2-4/h1-2H,3,12H2. The number of alkyl halides is 1. The van der Waals surface area contributed by atoms with Gasteiger partial charge in [-0.1, -0.05) is 27.5 Å². The number of halogens is 3. The zero-order valence-corrected chi connectivity index (χ0v) is 9.58. The molecule has 0 saturated carbocycles. The number of carbonyl (C=O) groups is 1. The van der Waals surface area contributed by atoms with Crippen molar-refractivity contribution >= 4 is 50.6 Å². The SMILES string of the molecule is Nc1cc(Br)cc(C(=O)CCl)c1Cl. The molecule has 70 valence electrons. The van der Waals surface area contributed by atoms with Gasteiger partial charge in [-0.3, -0.25) is 4.79 Å². The average molecular weight is 283 g/mol. The van der Waals surface area contributed by atoms with Crippen molar-refractivity contribution in [3.05, 3.63) is 27.2 Å². The van der Waals surface area contributed by atoms with Crippen LogP contribution in [-0.2, 0) is 0 Å². The lowest BCUT2D eigenvalue weighted by atomic mass is 10.1. The molecular weight excluding hydrogens is 277 g/mol. The summed E-state index contributed by atoms with van der Waals surface area (Å²) in [5.74, 6) is -0.338. The highest BCUT2D eigenvalue weighted by atomic mass is 79.9. The van der Waals surface area contributed by atoms with Crippen LogP contribution < -0.4 is 5.73 Å². The van der Waals surface area contributed by atoms with E-state index in [0.717, 1.165) is 0 Å². The third-order valence-electron chi connectivity index (χ3n) is 1.49. The molecule has 0 fully saturated rings. The molecule has 1 aromatic rings. The molecule has 0 amide bonds. The van der Waals surface area contributed by atoms with Crippen molar-refractivity contribution in [3.8, 4) is 0 Å². The average Bonchev–Trinajstić information content (AvgIpc) is 2.10. The van der Waals surface area contributed by atoms with Crippen LogP contribution >= 0.6 is 39.1 Å². The van der Waals surface area contributed by atoms with Crippen molar-refractivity contribution < 1.29 is 4.79 Å². The molecule has 1 rings (SSSR count). The normalized spacial score (nSPS) is 10.1. The van der Waals surface area contributed by atoms with Gasteiger partial charge in [0.1, 0.15) is 0 Å². The summed E-state index contributed by atoms with van der Waals surface area (Å²) >= 11 is 14.4. The molecule has 0 aliphatic carbocycles. The highest BCUT2D eigenvalue weighted by Gasteiger charge is 2.12. The van der Waals surface area contributed by atoms with E-state index < -0.39 is 0 Å². The molecule has 2 nitrogen and oxygen atoms in total. The van der Waals surface area contributed by atoms with Crippen LogP contribution in [0.25, 0.3) is 0 Å². The third-order valence-corrected chi connectivity index (χ3v) is 2.61. The summed E-state index contributed by atoms with van der Waals surface area (Å²) in [6, 6.07) is 3.23. The first-order valence-electron chi connectivity index (χ1n) is 3.40. The molecule has 0 bridgehead atoms. The number of hydrogen-bond donors (Lipinski definition) is 1. The monoisotopic (exact) mass is 281 g/mol. The molecule has 0 heterocycles. The van der Waals surface area contributed by atoms with Crippen LogP contribution in [0.4, 0.5) is 5.69 Å². The van der Waals surface area contributed by atoms with Crippen molar-refractivity contribution in [2.45, 2.75) is 0 Å². The number of hydrogen-bond acceptors (Lipinski definition) is 2. The predicted molar refractivity (Wildman–Crippen MR) is 58.6 cm³/mol. The topological polar surface area (TPSA) is 43.1 Å². The van der Waals surface area contributed by atoms with E-state index in [0.29, 0.717) is 15.7 Å². The first kappa shape index (κ1) is 10.8. The quantitative estimate of drug-likeness (QED) is 0.515. The van der Waals surface area contributed by atoms with Crippen LogP contribution in [0.5, 0.6) is 0 Å². The zero-order valence-electron chi connectivity index (χ0n) is 6.48. The summed E-state index contributed by atoms with van der Waals surface area (Å²) in [5, 5.41) is 0.258. The van der Waals surface area contributed by atoms with Gasteiger partial charge in [0.25, 0.3) is 0 Å². The number of anilines is 1. The second kappa shape index (κ2) is 4.31. The molecule has 0 spiro atoms. The predicted octanol–water partition coefficient (Wildman–Crippen LogP) is 3.11. The number of ketones is 1. The van der Waals surface area contributed by atoms with E-state index in [1.807, 2.05) is 0 Å². The Kier molecular flexibility index (Phi) is 3.59. The van der Waals surface area contributed by atoms with Crippen LogP contribution in [0.15, 0.2) is 16.6 Å². The number of nitrogens with two attached hydrogens (primary N) is 1. The highest BCUT2D eigenvalue weighted by Crippen LogP contribution is 2.28. The van der Waals surface area contributed by atoms with Gasteiger partial charge >= 0.3 is 0 Å². The van der Waals surface area contributed by atoms with E-state index in [1.54, 1.807) is 12.1 Å². The van der Waals surface area contributed by atoms with Crippen molar-refractivity contribution in [2.75, 3.05) is 11.6 Å². The number of Topliss-reactive ketones (excluding diaryl/α,β-unsaturated/α-hetero) is 1. The first-order chi connectivity index (χ1) is 6.06. The summed E-state index contributed by atoms with van der Waals surface area (Å²) in [4.78, 5) is 11.2. The van der Waals surface area contributed by atoms with Gasteiger partial charge in [-0.25, -0.2) is 0 Å². The second-order valence-electron chi connectivity index (χ2n) is 2.41. The summed E-state index contributed by atoms with van der Waals surface area (Å²) in [6.07, 6.45) is 0. The van der Waals surface area contributed by atoms with Gasteiger partial charge in [0.2, 0.25) is 0 Å². The minimum atomic E-state index is -0.236. The molecule has 5 heteroatoms. The van der Waals surface area contributed by atoms with Gasteiger partial charge in [0, 0.05) is 10.0 Å². The van der Waals surface area contributed by atoms with E-state index in [2.05, 4.69) is 15.9 Å². The van der Waals surface area contributed by atoms with Gasteiger partial charge in [-0.05, 0) is 12.1 Å². The molecule has 0 saturated heterocycles. The Bertz CT molecular complexity index is 354. The van der Waals surface area contributed by atoms with E-state index in [4.69, 9.17) is 28.9 Å². The largest absolute Gasteiger partial charge is 0.397 e. The van der Waals surface area contributed by atoms with Crippen molar-refractivity contribution in [1.82, 2.24) is 0 Å². The Labute approximate surface area is 94.1 Å². The van der Waals surface area contributed by atoms with Gasteiger partial charge in [-0.15, -0.1) is 11.6 Å². The zero-order chi connectivity index (χ0) is 10.0. The second-order valence-corrected chi connectivity index (χ2v) is 3.97. The van der Waals surface area contributed by atoms with Crippen LogP contribution in [0, 0.1) is 0 Å². The molecule has 0 unspecified atom stereocenters. The number of nitrogen functional groups attached to an aromatic ring is 1. The smallest absolute Gasteiger partial charge is 0.179 e. The minimum Gasteiger partial charge on any atom is -0.397 e. The summed E-state index contributed by atoms with van der Waals surface area (Å²) in [6.45, 7) is 0. The minimum absolute atomic E-state index is 0.102. The Balaban J connectivity index is 3.28. The number of carbonyl (C=O) groups excluding carboxylic acids is 1. The Hall–Kier alpha value is -0.250. The first-order valence-corrected chi connectivity index (χ1v) is 5.10. The third kappa shape index (κ3) is 2.36. The summed E-state index contributed by atoms with van der Waals surface area (Å²) in [7, 11) is 0. The molecule has 13 heavy (non-hydrogen) atoms. The van der Waals surface area contributed by atoms with E-state index >= 15 is 0 Å². The fraction of sp³-hybridized carbons (Fsp3) is 0.125. The lowest BCUT2D eigenvalue weighted by Crippen LogP contribution is -2.03. The van der Waals surface area contributed by atoms with Gasteiger partial charge < -0.3 is 5.73 Å². The Morgan fingerprint density at radius 3 is 2.69 bits per heavy atom. The summed E-state index contributed by atoms with van der Waals surface area (Å²) in [5.41, 5.74) is 6.27. The lowest BCUT2D eigenvalue weighted by Gasteiger charge is -2.04. The molecule has 2 N–H and O–H groups in total. The Morgan fingerprint density at radius 2 is 2.15 bits per heavy atom. The van der Waals surface area contributed by atoms with Crippen LogP contribution in [0.2, 0.25) is 5.02 Å². The fourth-order valence-corrected chi connectivity index (χ4v) is 1.72. The maximum absolute atomic E-state index is 11.2. The van der Waals surface area contributed by atoms with Crippen LogP contribution in [0.1, 0.15) is 10.4 Å². The molecule has 1 aromatic carbocycles. The molecule has 0 atom stereocenters. The maximum Gasteiger partial charge on any atom is 0.179 e. The molecule has 0 aliphatic heterocycles. The maximum atomic E-state index is 11.2. The van der Waals surface area contributed by atoms with E-state index in [1.165, 1.54) is 0 Å². The van der Waals surface area contributed by atoms with Gasteiger partial charge in [-0.2, -0.15) is 0 Å². The highest BCUT2D eigenvalue weighted by molar-refractivity contribution is 9.10. The fourth-order valence-electron chi connectivity index (χ4n) is 0.885. The number of benzene rings is 1. The molecular formula is C8H6BrCl2NO. The lowest BCUT2D eigenvalue weighted by molar-refractivity contribution is 0.102. The Morgan fingerprint density at radius 1 is 1.54 bits per heavy atom. The van der Waals surface area contributed by atoms with Crippen molar-refractivity contribution in [1.29, 1.82) is 0 Å². The molecule has 0 aromatic heterocycles. The van der Waals surface area contributed by atoms with Crippen LogP contribution in [-0.4, -0.2) is 11.7 Å². The molecule has 0 aliphatic rings.